The SMILES string of the molecule is COc1ccc(-c2noc(CN3CCCC3c3nnc4n3CCCCC4)n2)cc1. The summed E-state index contributed by atoms with van der Waals surface area (Å²) in [5, 5.41) is 13.2. The Morgan fingerprint density at radius 3 is 2.83 bits per heavy atom. The van der Waals surface area contributed by atoms with Gasteiger partial charge in [-0.3, -0.25) is 4.90 Å². The van der Waals surface area contributed by atoms with Gasteiger partial charge < -0.3 is 13.8 Å². The van der Waals surface area contributed by atoms with Gasteiger partial charge in [0.15, 0.2) is 0 Å². The molecular weight excluding hydrogens is 368 g/mol. The molecule has 1 aromatic carbocycles. The summed E-state index contributed by atoms with van der Waals surface area (Å²) in [6, 6.07) is 7.96. The van der Waals surface area contributed by atoms with Crippen molar-refractivity contribution >= 4 is 0 Å². The summed E-state index contributed by atoms with van der Waals surface area (Å²) in [4.78, 5) is 7.01. The Morgan fingerprint density at radius 2 is 1.97 bits per heavy atom. The van der Waals surface area contributed by atoms with Crippen molar-refractivity contribution in [3.05, 3.63) is 41.8 Å². The molecule has 1 atom stereocenters. The van der Waals surface area contributed by atoms with Gasteiger partial charge in [-0.05, 0) is 56.5 Å². The Balaban J connectivity index is 1.33. The van der Waals surface area contributed by atoms with E-state index in [4.69, 9.17) is 9.26 Å². The molecule has 0 N–H and O–H groups in total. The number of hydrogen-bond donors (Lipinski definition) is 0. The topological polar surface area (TPSA) is 82.1 Å². The highest BCUT2D eigenvalue weighted by molar-refractivity contribution is 5.55. The number of fused-ring (bicyclic) bond motifs is 1. The highest BCUT2D eigenvalue weighted by Gasteiger charge is 2.32. The van der Waals surface area contributed by atoms with Gasteiger partial charge in [-0.25, -0.2) is 0 Å². The standard InChI is InChI=1S/C21H26N6O2/c1-28-16-10-8-15(9-11-16)20-22-19(29-25-20)14-26-12-5-6-17(26)21-24-23-18-7-3-2-4-13-27(18)21/h8-11,17H,2-7,12-14H2,1H3. The molecule has 29 heavy (non-hydrogen) atoms. The van der Waals surface area contributed by atoms with E-state index in [1.807, 2.05) is 24.3 Å². The third-order valence-corrected chi connectivity index (χ3v) is 5.95. The van der Waals surface area contributed by atoms with Gasteiger partial charge in [0, 0.05) is 18.5 Å². The molecule has 3 aromatic rings. The molecule has 2 aliphatic heterocycles. The molecule has 0 saturated carbocycles. The van der Waals surface area contributed by atoms with Gasteiger partial charge in [-0.15, -0.1) is 10.2 Å². The van der Waals surface area contributed by atoms with Crippen molar-refractivity contribution in [2.45, 2.75) is 57.7 Å². The quantitative estimate of drug-likeness (QED) is 0.656. The van der Waals surface area contributed by atoms with Crippen molar-refractivity contribution in [1.82, 2.24) is 29.8 Å². The Hall–Kier alpha value is -2.74. The lowest BCUT2D eigenvalue weighted by Crippen LogP contribution is -2.25. The lowest BCUT2D eigenvalue weighted by Gasteiger charge is -2.22. The van der Waals surface area contributed by atoms with E-state index in [1.54, 1.807) is 7.11 Å². The normalized spacial score (nSPS) is 19.8. The molecule has 152 valence electrons. The molecule has 2 aliphatic rings. The predicted molar refractivity (Wildman–Crippen MR) is 106 cm³/mol. The number of nitrogens with zero attached hydrogens (tertiary/aromatic N) is 6. The van der Waals surface area contributed by atoms with Crippen molar-refractivity contribution < 1.29 is 9.26 Å². The molecule has 5 rings (SSSR count). The van der Waals surface area contributed by atoms with Crippen LogP contribution < -0.4 is 4.74 Å². The highest BCUT2D eigenvalue weighted by Crippen LogP contribution is 2.33. The summed E-state index contributed by atoms with van der Waals surface area (Å²) in [6.45, 7) is 2.67. The first-order valence-corrected chi connectivity index (χ1v) is 10.4. The Morgan fingerprint density at radius 1 is 1.07 bits per heavy atom. The van der Waals surface area contributed by atoms with Crippen LogP contribution in [0.25, 0.3) is 11.4 Å². The number of benzene rings is 1. The first-order chi connectivity index (χ1) is 14.3. The molecule has 0 spiro atoms. The van der Waals surface area contributed by atoms with E-state index in [0.29, 0.717) is 18.3 Å². The number of aryl methyl sites for hydroxylation is 1. The summed E-state index contributed by atoms with van der Waals surface area (Å²) in [5.74, 6) is 4.30. The lowest BCUT2D eigenvalue weighted by molar-refractivity contribution is 0.202. The molecule has 0 bridgehead atoms. The molecule has 0 aliphatic carbocycles. The number of ether oxygens (including phenoxy) is 1. The zero-order valence-corrected chi connectivity index (χ0v) is 16.8. The van der Waals surface area contributed by atoms with Crippen molar-refractivity contribution in [3.8, 4) is 17.1 Å². The van der Waals surface area contributed by atoms with Crippen LogP contribution in [0.5, 0.6) is 5.75 Å². The number of methoxy groups -OCH3 is 1. The van der Waals surface area contributed by atoms with Crippen LogP contribution in [0.1, 0.15) is 55.7 Å². The Bertz CT molecular complexity index is 964. The summed E-state index contributed by atoms with van der Waals surface area (Å²) >= 11 is 0. The molecule has 4 heterocycles. The molecule has 1 fully saturated rings. The molecule has 8 heteroatoms. The van der Waals surface area contributed by atoms with E-state index < -0.39 is 0 Å². The largest absolute Gasteiger partial charge is 0.497 e. The minimum absolute atomic E-state index is 0.269. The van der Waals surface area contributed by atoms with Gasteiger partial charge in [-0.1, -0.05) is 11.6 Å². The first-order valence-electron chi connectivity index (χ1n) is 10.4. The van der Waals surface area contributed by atoms with Crippen molar-refractivity contribution in [2.75, 3.05) is 13.7 Å². The van der Waals surface area contributed by atoms with Crippen LogP contribution in [0.2, 0.25) is 0 Å². The average Bonchev–Trinajstić information content (AvgIpc) is 3.46. The third kappa shape index (κ3) is 3.64. The molecule has 1 unspecified atom stereocenters. The first kappa shape index (κ1) is 18.3. The van der Waals surface area contributed by atoms with Gasteiger partial charge in [0.1, 0.15) is 17.4 Å². The fraction of sp³-hybridized carbons (Fsp3) is 0.524. The van der Waals surface area contributed by atoms with Gasteiger partial charge >= 0.3 is 0 Å². The van der Waals surface area contributed by atoms with Gasteiger partial charge in [0.25, 0.3) is 0 Å². The zero-order chi connectivity index (χ0) is 19.6. The van der Waals surface area contributed by atoms with E-state index in [9.17, 15) is 0 Å². The second-order valence-corrected chi connectivity index (χ2v) is 7.81. The van der Waals surface area contributed by atoms with Crippen molar-refractivity contribution in [3.63, 3.8) is 0 Å². The fourth-order valence-electron chi connectivity index (χ4n) is 4.41. The number of aromatic nitrogens is 5. The second kappa shape index (κ2) is 7.94. The summed E-state index contributed by atoms with van der Waals surface area (Å²) in [6.07, 6.45) is 6.97. The number of rotatable bonds is 5. The Labute approximate surface area is 169 Å². The van der Waals surface area contributed by atoms with Gasteiger partial charge in [0.2, 0.25) is 11.7 Å². The molecule has 0 amide bonds. The minimum Gasteiger partial charge on any atom is -0.497 e. The molecule has 0 radical (unpaired) electrons. The molecule has 2 aromatic heterocycles. The minimum atomic E-state index is 0.269. The average molecular weight is 394 g/mol. The zero-order valence-electron chi connectivity index (χ0n) is 16.8. The second-order valence-electron chi connectivity index (χ2n) is 7.81. The molecular formula is C21H26N6O2. The van der Waals surface area contributed by atoms with Crippen LogP contribution in [0.4, 0.5) is 0 Å². The smallest absolute Gasteiger partial charge is 0.241 e. The van der Waals surface area contributed by atoms with Crippen LogP contribution in [-0.4, -0.2) is 43.5 Å². The lowest BCUT2D eigenvalue weighted by atomic mass is 10.2. The van der Waals surface area contributed by atoms with E-state index >= 15 is 0 Å². The van der Waals surface area contributed by atoms with Crippen LogP contribution in [0, 0.1) is 0 Å². The van der Waals surface area contributed by atoms with Gasteiger partial charge in [0.05, 0.1) is 19.7 Å². The number of hydrogen-bond acceptors (Lipinski definition) is 7. The van der Waals surface area contributed by atoms with Crippen molar-refractivity contribution in [2.24, 2.45) is 0 Å². The monoisotopic (exact) mass is 394 g/mol. The predicted octanol–water partition coefficient (Wildman–Crippen LogP) is 3.40. The van der Waals surface area contributed by atoms with Crippen LogP contribution in [0.15, 0.2) is 28.8 Å². The van der Waals surface area contributed by atoms with E-state index in [2.05, 4.69) is 29.8 Å². The van der Waals surface area contributed by atoms with E-state index in [-0.39, 0.29) is 6.04 Å². The molecule has 1 saturated heterocycles. The molecule has 8 nitrogen and oxygen atoms in total. The summed E-state index contributed by atoms with van der Waals surface area (Å²) < 4.78 is 13.1. The van der Waals surface area contributed by atoms with Crippen LogP contribution in [-0.2, 0) is 19.5 Å². The summed E-state index contributed by atoms with van der Waals surface area (Å²) in [7, 11) is 1.65. The van der Waals surface area contributed by atoms with E-state index in [0.717, 1.165) is 55.3 Å². The van der Waals surface area contributed by atoms with Crippen LogP contribution >= 0.6 is 0 Å². The highest BCUT2D eigenvalue weighted by atomic mass is 16.5. The van der Waals surface area contributed by atoms with Gasteiger partial charge in [-0.2, -0.15) is 4.98 Å². The van der Waals surface area contributed by atoms with Crippen LogP contribution in [0.3, 0.4) is 0 Å². The third-order valence-electron chi connectivity index (χ3n) is 5.95. The Kier molecular flexibility index (Phi) is 5.01. The fourth-order valence-corrected chi connectivity index (χ4v) is 4.41. The van der Waals surface area contributed by atoms with Crippen molar-refractivity contribution in [1.29, 1.82) is 0 Å². The summed E-state index contributed by atoms with van der Waals surface area (Å²) in [5.41, 5.74) is 0.918. The maximum absolute atomic E-state index is 5.56. The maximum Gasteiger partial charge on any atom is 0.241 e. The maximum atomic E-state index is 5.56. The number of likely N-dealkylation sites (tertiary alicyclic amines) is 1. The van der Waals surface area contributed by atoms with E-state index in [1.165, 1.54) is 19.3 Å².